The van der Waals surface area contributed by atoms with Gasteiger partial charge in [-0.1, -0.05) is 37.3 Å². The summed E-state index contributed by atoms with van der Waals surface area (Å²) in [5.41, 5.74) is 1.16. The highest BCUT2D eigenvalue weighted by Crippen LogP contribution is 2.08. The molecule has 2 atom stereocenters. The molecule has 2 unspecified atom stereocenters. The molecule has 16 heavy (non-hydrogen) atoms. The predicted octanol–water partition coefficient (Wildman–Crippen LogP) is 0.941. The largest absolute Gasteiger partial charge is 0.550 e. The zero-order valence-corrected chi connectivity index (χ0v) is 9.77. The second-order valence-electron chi connectivity index (χ2n) is 3.99. The zero-order valence-electron chi connectivity index (χ0n) is 9.77. The molecule has 1 N–H and O–H groups in total. The first-order valence-corrected chi connectivity index (χ1v) is 5.63. The van der Waals surface area contributed by atoms with Crippen molar-refractivity contribution in [3.63, 3.8) is 0 Å². The quantitative estimate of drug-likeness (QED) is 0.776. The molecule has 3 heteroatoms. The minimum Gasteiger partial charge on any atom is -0.550 e. The SMILES string of the molecule is CCC(C(=O)[O-])C(C)NCc1ccccc1. The Kier molecular flexibility index (Phi) is 4.99. The van der Waals surface area contributed by atoms with Crippen LogP contribution in [0.4, 0.5) is 0 Å². The van der Waals surface area contributed by atoms with Gasteiger partial charge in [0, 0.05) is 24.5 Å². The van der Waals surface area contributed by atoms with Crippen LogP contribution in [-0.2, 0) is 11.3 Å². The second-order valence-corrected chi connectivity index (χ2v) is 3.99. The zero-order chi connectivity index (χ0) is 12.0. The van der Waals surface area contributed by atoms with Crippen molar-refractivity contribution < 1.29 is 9.90 Å². The number of carbonyl (C=O) groups excluding carboxylic acids is 1. The van der Waals surface area contributed by atoms with Gasteiger partial charge in [0.2, 0.25) is 0 Å². The van der Waals surface area contributed by atoms with Crippen molar-refractivity contribution in [1.82, 2.24) is 5.32 Å². The molecule has 0 amide bonds. The Hall–Kier alpha value is -1.35. The second kappa shape index (κ2) is 6.28. The van der Waals surface area contributed by atoms with Crippen molar-refractivity contribution in [3.05, 3.63) is 35.9 Å². The monoisotopic (exact) mass is 220 g/mol. The number of hydrogen-bond acceptors (Lipinski definition) is 3. The van der Waals surface area contributed by atoms with Crippen molar-refractivity contribution in [1.29, 1.82) is 0 Å². The number of nitrogens with one attached hydrogen (secondary N) is 1. The number of rotatable bonds is 6. The molecule has 0 heterocycles. The van der Waals surface area contributed by atoms with Crippen LogP contribution in [0.5, 0.6) is 0 Å². The Morgan fingerprint density at radius 3 is 2.50 bits per heavy atom. The Morgan fingerprint density at radius 2 is 2.00 bits per heavy atom. The van der Waals surface area contributed by atoms with Crippen LogP contribution in [0.25, 0.3) is 0 Å². The summed E-state index contributed by atoms with van der Waals surface area (Å²) >= 11 is 0. The average molecular weight is 220 g/mol. The van der Waals surface area contributed by atoms with E-state index >= 15 is 0 Å². The van der Waals surface area contributed by atoms with E-state index in [1.807, 2.05) is 44.2 Å². The third-order valence-corrected chi connectivity index (χ3v) is 2.82. The van der Waals surface area contributed by atoms with E-state index in [0.717, 1.165) is 5.56 Å². The topological polar surface area (TPSA) is 52.2 Å². The maximum Gasteiger partial charge on any atom is 0.0460 e. The summed E-state index contributed by atoms with van der Waals surface area (Å²) in [5, 5.41) is 14.0. The van der Waals surface area contributed by atoms with Gasteiger partial charge in [0.15, 0.2) is 0 Å². The van der Waals surface area contributed by atoms with E-state index in [1.54, 1.807) is 0 Å². The fraction of sp³-hybridized carbons (Fsp3) is 0.462. The van der Waals surface area contributed by atoms with E-state index in [9.17, 15) is 9.90 Å². The van der Waals surface area contributed by atoms with Crippen LogP contribution in [0.2, 0.25) is 0 Å². The van der Waals surface area contributed by atoms with Crippen LogP contribution in [0.3, 0.4) is 0 Å². The van der Waals surface area contributed by atoms with Gasteiger partial charge in [-0.3, -0.25) is 0 Å². The normalized spacial score (nSPS) is 14.4. The molecule has 1 aromatic rings. The first-order valence-electron chi connectivity index (χ1n) is 5.63. The average Bonchev–Trinajstić information content (AvgIpc) is 2.28. The molecule has 0 aliphatic carbocycles. The van der Waals surface area contributed by atoms with Gasteiger partial charge in [-0.2, -0.15) is 0 Å². The third kappa shape index (κ3) is 3.66. The molecule has 1 rings (SSSR count). The third-order valence-electron chi connectivity index (χ3n) is 2.82. The maximum atomic E-state index is 10.8. The summed E-state index contributed by atoms with van der Waals surface area (Å²) in [6.07, 6.45) is 0.589. The molecule has 0 aromatic heterocycles. The van der Waals surface area contributed by atoms with Gasteiger partial charge in [-0.25, -0.2) is 0 Å². The highest BCUT2D eigenvalue weighted by molar-refractivity contribution is 5.68. The maximum absolute atomic E-state index is 10.8. The van der Waals surface area contributed by atoms with E-state index in [4.69, 9.17) is 0 Å². The Labute approximate surface area is 96.5 Å². The molecule has 0 saturated heterocycles. The summed E-state index contributed by atoms with van der Waals surface area (Å²) in [6, 6.07) is 9.85. The van der Waals surface area contributed by atoms with E-state index in [1.165, 1.54) is 0 Å². The van der Waals surface area contributed by atoms with Gasteiger partial charge < -0.3 is 15.2 Å². The highest BCUT2D eigenvalue weighted by atomic mass is 16.4. The van der Waals surface area contributed by atoms with E-state index in [0.29, 0.717) is 13.0 Å². The Balaban J connectivity index is 2.46. The lowest BCUT2D eigenvalue weighted by Crippen LogP contribution is -2.43. The molecule has 1 aromatic carbocycles. The lowest BCUT2D eigenvalue weighted by atomic mass is 9.98. The van der Waals surface area contributed by atoms with Crippen molar-refractivity contribution in [3.8, 4) is 0 Å². The number of aliphatic carboxylic acids is 1. The molecule has 3 nitrogen and oxygen atoms in total. The van der Waals surface area contributed by atoms with Crippen molar-refractivity contribution in [2.75, 3.05) is 0 Å². The van der Waals surface area contributed by atoms with Crippen molar-refractivity contribution in [2.24, 2.45) is 5.92 Å². The summed E-state index contributed by atoms with van der Waals surface area (Å²) < 4.78 is 0. The molecular formula is C13H18NO2-. The number of benzene rings is 1. The summed E-state index contributed by atoms with van der Waals surface area (Å²) in [5.74, 6) is -1.40. The Bertz CT molecular complexity index is 324. The van der Waals surface area contributed by atoms with Crippen molar-refractivity contribution >= 4 is 5.97 Å². The van der Waals surface area contributed by atoms with Gasteiger partial charge in [-0.05, 0) is 18.9 Å². The smallest absolute Gasteiger partial charge is 0.0460 e. The predicted molar refractivity (Wildman–Crippen MR) is 61.5 cm³/mol. The first-order chi connectivity index (χ1) is 7.65. The highest BCUT2D eigenvalue weighted by Gasteiger charge is 2.15. The molecule has 0 bridgehead atoms. The van der Waals surface area contributed by atoms with Crippen LogP contribution in [-0.4, -0.2) is 12.0 Å². The van der Waals surface area contributed by atoms with E-state index < -0.39 is 11.9 Å². The van der Waals surface area contributed by atoms with Gasteiger partial charge in [-0.15, -0.1) is 0 Å². The summed E-state index contributed by atoms with van der Waals surface area (Å²) in [4.78, 5) is 10.8. The minimum atomic E-state index is -0.976. The lowest BCUT2D eigenvalue weighted by molar-refractivity contribution is -0.312. The van der Waals surface area contributed by atoms with Crippen LogP contribution in [0.1, 0.15) is 25.8 Å². The Morgan fingerprint density at radius 1 is 1.38 bits per heavy atom. The molecule has 0 saturated carbocycles. The lowest BCUT2D eigenvalue weighted by Gasteiger charge is -2.24. The van der Waals surface area contributed by atoms with Gasteiger partial charge in [0.05, 0.1) is 0 Å². The number of carbonyl (C=O) groups is 1. The summed E-state index contributed by atoms with van der Waals surface area (Å²) in [7, 11) is 0. The minimum absolute atomic E-state index is 0.0739. The molecule has 0 aliphatic rings. The van der Waals surface area contributed by atoms with Crippen LogP contribution in [0, 0.1) is 5.92 Å². The molecular weight excluding hydrogens is 202 g/mol. The van der Waals surface area contributed by atoms with Crippen molar-refractivity contribution in [2.45, 2.75) is 32.9 Å². The van der Waals surface area contributed by atoms with Gasteiger partial charge in [0.25, 0.3) is 0 Å². The van der Waals surface area contributed by atoms with Crippen LogP contribution >= 0.6 is 0 Å². The van der Waals surface area contributed by atoms with Gasteiger partial charge >= 0.3 is 0 Å². The van der Waals surface area contributed by atoms with E-state index in [-0.39, 0.29) is 6.04 Å². The standard InChI is InChI=1S/C13H19NO2/c1-3-12(13(15)16)10(2)14-9-11-7-5-4-6-8-11/h4-8,10,12,14H,3,9H2,1-2H3,(H,15,16)/p-1. The molecule has 0 fully saturated rings. The molecule has 88 valence electrons. The summed E-state index contributed by atoms with van der Waals surface area (Å²) in [6.45, 7) is 4.43. The van der Waals surface area contributed by atoms with Gasteiger partial charge in [0.1, 0.15) is 0 Å². The fourth-order valence-electron chi connectivity index (χ4n) is 1.74. The number of carboxylic acid groups (broad SMARTS) is 1. The van der Waals surface area contributed by atoms with E-state index in [2.05, 4.69) is 5.32 Å². The van der Waals surface area contributed by atoms with Crippen LogP contribution < -0.4 is 10.4 Å². The van der Waals surface area contributed by atoms with Crippen LogP contribution in [0.15, 0.2) is 30.3 Å². The molecule has 0 aliphatic heterocycles. The molecule has 0 spiro atoms. The first kappa shape index (κ1) is 12.7. The number of carboxylic acids is 1. The fourth-order valence-corrected chi connectivity index (χ4v) is 1.74. The molecule has 0 radical (unpaired) electrons. The number of hydrogen-bond donors (Lipinski definition) is 1.